The van der Waals surface area contributed by atoms with Gasteiger partial charge in [0.15, 0.2) is 0 Å². The van der Waals surface area contributed by atoms with Crippen LogP contribution in [0.15, 0.2) is 33.9 Å². The molecule has 0 aromatic heterocycles. The van der Waals surface area contributed by atoms with E-state index >= 15 is 0 Å². The van der Waals surface area contributed by atoms with Gasteiger partial charge in [0, 0.05) is 11.6 Å². The predicted octanol–water partition coefficient (Wildman–Crippen LogP) is 2.25. The zero-order chi connectivity index (χ0) is 17.5. The van der Waals surface area contributed by atoms with Crippen molar-refractivity contribution < 1.29 is 19.8 Å². The minimum absolute atomic E-state index is 0.101. The number of rotatable bonds is 2. The van der Waals surface area contributed by atoms with Crippen molar-refractivity contribution in [2.45, 2.75) is 6.42 Å². The van der Waals surface area contributed by atoms with Crippen LogP contribution in [0.3, 0.4) is 0 Å². The van der Waals surface area contributed by atoms with Gasteiger partial charge in [-0.15, -0.1) is 0 Å². The molecule has 2 bridgehead atoms. The highest BCUT2D eigenvalue weighted by atomic mass is 79.9. The van der Waals surface area contributed by atoms with E-state index in [1.807, 2.05) is 0 Å². The van der Waals surface area contributed by atoms with Crippen molar-refractivity contribution in [3.8, 4) is 11.5 Å². The molecule has 6 atom stereocenters. The first-order chi connectivity index (χ1) is 12.0. The topological polar surface area (TPSA) is 90.2 Å². The van der Waals surface area contributed by atoms with Crippen LogP contribution in [-0.4, -0.2) is 33.3 Å². The molecule has 1 aromatic rings. The molecule has 2 saturated carbocycles. The maximum Gasteiger partial charge on any atom is 0.254 e. The smallest absolute Gasteiger partial charge is 0.254 e. The monoisotopic (exact) mass is 402 g/mol. The largest absolute Gasteiger partial charge is 0.507 e. The van der Waals surface area contributed by atoms with E-state index in [4.69, 9.17) is 0 Å². The molecule has 1 saturated heterocycles. The molecule has 6 rings (SSSR count). The lowest BCUT2D eigenvalue weighted by molar-refractivity contribution is -0.140. The molecule has 5 aliphatic rings. The van der Waals surface area contributed by atoms with Gasteiger partial charge >= 0.3 is 0 Å². The molecule has 1 aliphatic heterocycles. The summed E-state index contributed by atoms with van der Waals surface area (Å²) in [6.45, 7) is 0. The molecular formula is C18H15BrN2O4. The van der Waals surface area contributed by atoms with Gasteiger partial charge < -0.3 is 10.2 Å². The average molecular weight is 403 g/mol. The van der Waals surface area contributed by atoms with Crippen molar-refractivity contribution in [3.05, 3.63) is 34.3 Å². The third-order valence-electron chi connectivity index (χ3n) is 6.05. The molecule has 2 amide bonds. The Morgan fingerprint density at radius 3 is 2.24 bits per heavy atom. The van der Waals surface area contributed by atoms with Crippen LogP contribution in [0.25, 0.3) is 0 Å². The number of imide groups is 1. The number of hydrogen-bond acceptors (Lipinski definition) is 5. The second-order valence-corrected chi connectivity index (χ2v) is 8.10. The maximum absolute atomic E-state index is 12.8. The first kappa shape index (κ1) is 15.1. The fraction of sp³-hybridized carbons (Fsp3) is 0.389. The summed E-state index contributed by atoms with van der Waals surface area (Å²) in [6, 6.07) is 2.66. The molecule has 4 aliphatic carbocycles. The highest BCUT2D eigenvalue weighted by Crippen LogP contribution is 2.65. The lowest BCUT2D eigenvalue weighted by Crippen LogP contribution is -2.40. The fourth-order valence-corrected chi connectivity index (χ4v) is 5.21. The first-order valence-corrected chi connectivity index (χ1v) is 9.08. The van der Waals surface area contributed by atoms with E-state index < -0.39 is 0 Å². The van der Waals surface area contributed by atoms with Gasteiger partial charge in [-0.05, 0) is 52.1 Å². The summed E-state index contributed by atoms with van der Waals surface area (Å²) >= 11 is 3.16. The number of nitrogens with zero attached hydrogens (tertiary/aromatic N) is 2. The second-order valence-electron chi connectivity index (χ2n) is 7.25. The Bertz CT molecular complexity index is 844. The Balaban J connectivity index is 1.46. The number of phenols is 2. The summed E-state index contributed by atoms with van der Waals surface area (Å²) in [6.07, 6.45) is 6.62. The summed E-state index contributed by atoms with van der Waals surface area (Å²) in [5.41, 5.74) is 0.309. The minimum atomic E-state index is -0.288. The molecule has 128 valence electrons. The van der Waals surface area contributed by atoms with Gasteiger partial charge in [-0.3, -0.25) is 9.59 Å². The SMILES string of the molecule is O=C1[C@H]2[C@@H]3C=C[C@H]([C@@H]4C[C@H]34)[C@@H]2C(=O)N1/N=C\c1cc(Br)c(O)cc1O. The van der Waals surface area contributed by atoms with E-state index in [0.717, 1.165) is 11.4 Å². The summed E-state index contributed by atoms with van der Waals surface area (Å²) in [5.74, 6) is 0.0808. The van der Waals surface area contributed by atoms with Crippen molar-refractivity contribution in [2.24, 2.45) is 40.6 Å². The highest BCUT2D eigenvalue weighted by molar-refractivity contribution is 9.10. The van der Waals surface area contributed by atoms with Crippen molar-refractivity contribution >= 4 is 34.0 Å². The van der Waals surface area contributed by atoms with E-state index in [9.17, 15) is 19.8 Å². The second kappa shape index (κ2) is 4.94. The van der Waals surface area contributed by atoms with Crippen molar-refractivity contribution in [2.75, 3.05) is 0 Å². The third kappa shape index (κ3) is 1.99. The number of hydrazone groups is 1. The van der Waals surface area contributed by atoms with E-state index in [1.165, 1.54) is 18.3 Å². The van der Waals surface area contributed by atoms with Gasteiger partial charge in [0.25, 0.3) is 11.8 Å². The highest BCUT2D eigenvalue weighted by Gasteiger charge is 2.67. The first-order valence-electron chi connectivity index (χ1n) is 8.29. The molecule has 7 heteroatoms. The van der Waals surface area contributed by atoms with Crippen LogP contribution >= 0.6 is 15.9 Å². The summed E-state index contributed by atoms with van der Waals surface area (Å²) in [5, 5.41) is 24.5. The summed E-state index contributed by atoms with van der Waals surface area (Å²) < 4.78 is 0.391. The van der Waals surface area contributed by atoms with Gasteiger partial charge in [0.05, 0.1) is 22.5 Å². The van der Waals surface area contributed by atoms with Crippen molar-refractivity contribution in [1.29, 1.82) is 0 Å². The number of phenolic OH excluding ortho intramolecular Hbond substituents is 2. The number of hydrogen-bond donors (Lipinski definition) is 2. The molecule has 1 aromatic carbocycles. The Kier molecular flexibility index (Phi) is 2.99. The van der Waals surface area contributed by atoms with Gasteiger partial charge in [0.2, 0.25) is 0 Å². The number of carbonyl (C=O) groups is 2. The molecule has 2 N–H and O–H groups in total. The normalized spacial score (nSPS) is 37.7. The number of carbonyl (C=O) groups excluding carboxylic acids is 2. The van der Waals surface area contributed by atoms with Crippen LogP contribution in [0.1, 0.15) is 12.0 Å². The number of aromatic hydroxyl groups is 2. The average Bonchev–Trinajstić information content (AvgIpc) is 3.36. The molecular weight excluding hydrogens is 388 g/mol. The summed E-state index contributed by atoms with van der Waals surface area (Å²) in [7, 11) is 0. The van der Waals surface area contributed by atoms with Crippen LogP contribution < -0.4 is 0 Å². The van der Waals surface area contributed by atoms with Crippen LogP contribution in [0.2, 0.25) is 0 Å². The van der Waals surface area contributed by atoms with Crippen LogP contribution in [-0.2, 0) is 9.59 Å². The fourth-order valence-electron chi connectivity index (χ4n) is 4.84. The van der Waals surface area contributed by atoms with Gasteiger partial charge in [-0.2, -0.15) is 10.1 Å². The van der Waals surface area contributed by atoms with E-state index in [1.54, 1.807) is 0 Å². The number of benzene rings is 1. The quantitative estimate of drug-likeness (QED) is 0.450. The Morgan fingerprint density at radius 2 is 1.64 bits per heavy atom. The zero-order valence-corrected chi connectivity index (χ0v) is 14.6. The molecule has 0 unspecified atom stereocenters. The van der Waals surface area contributed by atoms with E-state index in [-0.39, 0.29) is 47.0 Å². The Morgan fingerprint density at radius 1 is 1.04 bits per heavy atom. The van der Waals surface area contributed by atoms with Crippen LogP contribution in [0, 0.1) is 35.5 Å². The number of amides is 2. The van der Waals surface area contributed by atoms with Crippen molar-refractivity contribution in [3.63, 3.8) is 0 Å². The molecule has 25 heavy (non-hydrogen) atoms. The van der Waals surface area contributed by atoms with Crippen LogP contribution in [0.5, 0.6) is 11.5 Å². The zero-order valence-electron chi connectivity index (χ0n) is 13.0. The molecule has 0 spiro atoms. The number of allylic oxidation sites excluding steroid dienone is 2. The van der Waals surface area contributed by atoms with Crippen LogP contribution in [0.4, 0.5) is 0 Å². The van der Waals surface area contributed by atoms with Crippen molar-refractivity contribution in [1.82, 2.24) is 5.01 Å². The maximum atomic E-state index is 12.8. The predicted molar refractivity (Wildman–Crippen MR) is 91.6 cm³/mol. The lowest BCUT2D eigenvalue weighted by atomic mass is 9.63. The van der Waals surface area contributed by atoms with Gasteiger partial charge in [-0.1, -0.05) is 12.2 Å². The molecule has 0 radical (unpaired) electrons. The standard InChI is InChI=1S/C18H15BrN2O4/c19-12-3-7(13(22)5-14(12)23)6-20-21-17(24)15-8-1-2-9(11-4-10(8)11)16(15)18(21)25/h1-3,5-6,8-11,15-16,22-23H,4H2/b20-6-/t8-,9-,10-,11+,15+,16+/m1/s1. The minimum Gasteiger partial charge on any atom is -0.507 e. The summed E-state index contributed by atoms with van der Waals surface area (Å²) in [4.78, 5) is 25.6. The molecule has 3 fully saturated rings. The van der Waals surface area contributed by atoms with E-state index in [2.05, 4.69) is 33.2 Å². The molecule has 6 nitrogen and oxygen atoms in total. The Hall–Kier alpha value is -2.15. The molecule has 1 heterocycles. The lowest BCUT2D eigenvalue weighted by Gasteiger charge is -2.37. The Labute approximate surface area is 152 Å². The third-order valence-corrected chi connectivity index (χ3v) is 6.68. The van der Waals surface area contributed by atoms with Gasteiger partial charge in [0.1, 0.15) is 11.5 Å². The van der Waals surface area contributed by atoms with E-state index in [0.29, 0.717) is 21.9 Å². The van der Waals surface area contributed by atoms with Gasteiger partial charge in [-0.25, -0.2) is 0 Å². The number of halogens is 1.